The Labute approximate surface area is 111 Å². The summed E-state index contributed by atoms with van der Waals surface area (Å²) in [5, 5.41) is 1.82. The first kappa shape index (κ1) is 13.8. The normalized spacial score (nSPS) is 28.8. The highest BCUT2D eigenvalue weighted by Crippen LogP contribution is 2.35. The number of hydrogen-bond donors (Lipinski definition) is 1. The maximum atomic E-state index is 11.8. The third kappa shape index (κ3) is 3.23. The average molecular weight is 253 g/mol. The molecule has 4 nitrogen and oxygen atoms in total. The number of nitrogens with one attached hydrogen (secondary N) is 1. The van der Waals surface area contributed by atoms with Crippen LogP contribution in [0.4, 0.5) is 0 Å². The Hall–Kier alpha value is -0.610. The molecule has 1 saturated carbocycles. The number of hydrogen-bond acceptors (Lipinski definition) is 3. The second-order valence-electron chi connectivity index (χ2n) is 5.75. The Morgan fingerprint density at radius 3 is 2.44 bits per heavy atom. The summed E-state index contributed by atoms with van der Waals surface area (Å²) in [5.41, 5.74) is 3.30. The molecule has 2 aliphatic heterocycles. The summed E-state index contributed by atoms with van der Waals surface area (Å²) < 4.78 is 0. The molecule has 3 rings (SSSR count). The Bertz CT molecular complexity index is 285. The van der Waals surface area contributed by atoms with Crippen LogP contribution < -0.4 is 5.43 Å². The van der Waals surface area contributed by atoms with Gasteiger partial charge in [-0.2, -0.15) is 0 Å². The Morgan fingerprint density at radius 2 is 1.83 bits per heavy atom. The first-order valence-electron chi connectivity index (χ1n) is 7.13. The van der Waals surface area contributed by atoms with Gasteiger partial charge >= 0.3 is 0 Å². The topological polar surface area (TPSA) is 35.6 Å². The standard InChI is InChI=1S/C13H23N3O.CH4/c17-13-12(10-11-4-5-11)14-16(13)9-8-15-6-2-1-3-7-15;/h11-12,14H,1-10H2;1H4. The van der Waals surface area contributed by atoms with Crippen molar-refractivity contribution in [2.24, 2.45) is 5.92 Å². The SMILES string of the molecule is C.O=C1C(CC2CC2)NN1CCN1CCCCC1. The van der Waals surface area contributed by atoms with Crippen LogP contribution in [0.1, 0.15) is 46.0 Å². The summed E-state index contributed by atoms with van der Waals surface area (Å²) in [6.45, 7) is 4.33. The highest BCUT2D eigenvalue weighted by atomic mass is 16.2. The summed E-state index contributed by atoms with van der Waals surface area (Å²) >= 11 is 0. The van der Waals surface area contributed by atoms with E-state index in [4.69, 9.17) is 0 Å². The van der Waals surface area contributed by atoms with E-state index in [-0.39, 0.29) is 13.5 Å². The molecule has 0 aromatic heterocycles. The van der Waals surface area contributed by atoms with E-state index in [0.29, 0.717) is 5.91 Å². The van der Waals surface area contributed by atoms with Gasteiger partial charge < -0.3 is 4.90 Å². The van der Waals surface area contributed by atoms with Crippen LogP contribution in [0.15, 0.2) is 0 Å². The Balaban J connectivity index is 0.00000120. The highest BCUT2D eigenvalue weighted by molar-refractivity contribution is 5.86. The van der Waals surface area contributed by atoms with Crippen molar-refractivity contribution in [3.8, 4) is 0 Å². The molecule has 0 aromatic rings. The molecule has 0 bridgehead atoms. The number of carbonyl (C=O) groups is 1. The molecule has 104 valence electrons. The minimum absolute atomic E-state index is 0. The molecule has 1 atom stereocenters. The number of nitrogens with zero attached hydrogens (tertiary/aromatic N) is 2. The van der Waals surface area contributed by atoms with Gasteiger partial charge in [0.2, 0.25) is 0 Å². The monoisotopic (exact) mass is 253 g/mol. The summed E-state index contributed by atoms with van der Waals surface area (Å²) in [7, 11) is 0. The lowest BCUT2D eigenvalue weighted by atomic mass is 10.1. The number of carbonyl (C=O) groups excluding carboxylic acids is 1. The minimum atomic E-state index is 0. The fourth-order valence-corrected chi connectivity index (χ4v) is 2.87. The van der Waals surface area contributed by atoms with Gasteiger partial charge in [0.05, 0.1) is 6.54 Å². The van der Waals surface area contributed by atoms with Gasteiger partial charge in [0.1, 0.15) is 6.04 Å². The van der Waals surface area contributed by atoms with Crippen molar-refractivity contribution in [3.63, 3.8) is 0 Å². The van der Waals surface area contributed by atoms with Gasteiger partial charge in [0.15, 0.2) is 0 Å². The number of hydrazine groups is 1. The van der Waals surface area contributed by atoms with Crippen molar-refractivity contribution < 1.29 is 4.79 Å². The molecule has 0 spiro atoms. The van der Waals surface area contributed by atoms with Crippen molar-refractivity contribution in [3.05, 3.63) is 0 Å². The smallest absolute Gasteiger partial charge is 0.255 e. The van der Waals surface area contributed by atoms with Crippen LogP contribution in [0, 0.1) is 5.92 Å². The molecular weight excluding hydrogens is 226 g/mol. The molecule has 2 saturated heterocycles. The van der Waals surface area contributed by atoms with Crippen molar-refractivity contribution >= 4 is 5.91 Å². The van der Waals surface area contributed by atoms with Gasteiger partial charge in [-0.05, 0) is 38.3 Å². The zero-order valence-corrected chi connectivity index (χ0v) is 10.5. The van der Waals surface area contributed by atoms with Gasteiger partial charge in [-0.1, -0.05) is 26.7 Å². The van der Waals surface area contributed by atoms with E-state index in [9.17, 15) is 4.79 Å². The third-order valence-corrected chi connectivity index (χ3v) is 4.23. The first-order valence-corrected chi connectivity index (χ1v) is 7.13. The van der Waals surface area contributed by atoms with Gasteiger partial charge in [0, 0.05) is 6.54 Å². The fraction of sp³-hybridized carbons (Fsp3) is 0.929. The quantitative estimate of drug-likeness (QED) is 0.809. The van der Waals surface area contributed by atoms with Crippen LogP contribution in [-0.4, -0.2) is 48.0 Å². The van der Waals surface area contributed by atoms with E-state index in [2.05, 4.69) is 10.3 Å². The second kappa shape index (κ2) is 6.02. The summed E-state index contributed by atoms with van der Waals surface area (Å²) in [6.07, 6.45) is 7.76. The van der Waals surface area contributed by atoms with Crippen LogP contribution in [0.2, 0.25) is 0 Å². The average Bonchev–Trinajstić information content (AvgIpc) is 3.17. The molecule has 2 heterocycles. The third-order valence-electron chi connectivity index (χ3n) is 4.23. The molecule has 0 radical (unpaired) electrons. The predicted octanol–water partition coefficient (Wildman–Crippen LogP) is 1.62. The van der Waals surface area contributed by atoms with E-state index in [1.54, 1.807) is 0 Å². The summed E-state index contributed by atoms with van der Waals surface area (Å²) in [4.78, 5) is 14.3. The number of piperidine rings is 1. The maximum absolute atomic E-state index is 11.8. The molecule has 1 N–H and O–H groups in total. The Kier molecular flexibility index (Phi) is 4.62. The van der Waals surface area contributed by atoms with Crippen molar-refractivity contribution in [2.75, 3.05) is 26.2 Å². The van der Waals surface area contributed by atoms with Crippen LogP contribution in [-0.2, 0) is 4.79 Å². The van der Waals surface area contributed by atoms with Gasteiger partial charge in [-0.15, -0.1) is 0 Å². The molecule has 0 aromatic carbocycles. The van der Waals surface area contributed by atoms with Crippen molar-refractivity contribution in [1.82, 2.24) is 15.3 Å². The molecule has 3 fully saturated rings. The fourth-order valence-electron chi connectivity index (χ4n) is 2.87. The minimum Gasteiger partial charge on any atom is -0.302 e. The van der Waals surface area contributed by atoms with Crippen LogP contribution in [0.3, 0.4) is 0 Å². The molecule has 1 unspecified atom stereocenters. The van der Waals surface area contributed by atoms with E-state index in [1.165, 1.54) is 45.2 Å². The second-order valence-corrected chi connectivity index (χ2v) is 5.75. The van der Waals surface area contributed by atoms with E-state index >= 15 is 0 Å². The van der Waals surface area contributed by atoms with Gasteiger partial charge in [0.25, 0.3) is 5.91 Å². The maximum Gasteiger partial charge on any atom is 0.255 e. The van der Waals surface area contributed by atoms with Crippen molar-refractivity contribution in [1.29, 1.82) is 0 Å². The molecule has 4 heteroatoms. The lowest BCUT2D eigenvalue weighted by Crippen LogP contribution is -2.67. The summed E-state index contributed by atoms with van der Waals surface area (Å²) in [5.74, 6) is 1.16. The van der Waals surface area contributed by atoms with Crippen LogP contribution in [0.25, 0.3) is 0 Å². The first-order chi connectivity index (χ1) is 8.33. The summed E-state index contributed by atoms with van der Waals surface area (Å²) in [6, 6.07) is 0.142. The number of likely N-dealkylation sites (tertiary alicyclic amines) is 1. The zero-order chi connectivity index (χ0) is 11.7. The molecule has 3 aliphatic rings. The van der Waals surface area contributed by atoms with E-state index < -0.39 is 0 Å². The van der Waals surface area contributed by atoms with Crippen LogP contribution in [0.5, 0.6) is 0 Å². The zero-order valence-electron chi connectivity index (χ0n) is 10.5. The number of amides is 1. The van der Waals surface area contributed by atoms with E-state index in [1.807, 2.05) is 5.01 Å². The highest BCUT2D eigenvalue weighted by Gasteiger charge is 2.39. The largest absolute Gasteiger partial charge is 0.302 e. The lowest BCUT2D eigenvalue weighted by Gasteiger charge is -2.41. The van der Waals surface area contributed by atoms with Gasteiger partial charge in [-0.3, -0.25) is 9.80 Å². The molecule has 18 heavy (non-hydrogen) atoms. The lowest BCUT2D eigenvalue weighted by molar-refractivity contribution is -0.153. The predicted molar refractivity (Wildman–Crippen MR) is 73.0 cm³/mol. The van der Waals surface area contributed by atoms with Gasteiger partial charge in [-0.25, -0.2) is 5.43 Å². The van der Waals surface area contributed by atoms with E-state index in [0.717, 1.165) is 25.4 Å². The molecule has 1 amide bonds. The Morgan fingerprint density at radius 1 is 1.11 bits per heavy atom. The van der Waals surface area contributed by atoms with Crippen molar-refractivity contribution in [2.45, 2.75) is 52.0 Å². The molecule has 1 aliphatic carbocycles. The van der Waals surface area contributed by atoms with Crippen LogP contribution >= 0.6 is 0 Å². The number of rotatable bonds is 5. The molecular formula is C14H27N3O.